The molecule has 0 amide bonds. The van der Waals surface area contributed by atoms with E-state index in [4.69, 9.17) is 14.2 Å². The molecule has 0 aromatic rings. The van der Waals surface area contributed by atoms with Crippen LogP contribution in [0.1, 0.15) is 32.6 Å². The van der Waals surface area contributed by atoms with Gasteiger partial charge in [0.1, 0.15) is 0 Å². The van der Waals surface area contributed by atoms with Crippen LogP contribution in [0.5, 0.6) is 0 Å². The average Bonchev–Trinajstić information content (AvgIpc) is 2.34. The van der Waals surface area contributed by atoms with Gasteiger partial charge >= 0.3 is 0 Å². The summed E-state index contributed by atoms with van der Waals surface area (Å²) in [6, 6.07) is 0.477. The second-order valence-corrected chi connectivity index (χ2v) is 4.98. The van der Waals surface area contributed by atoms with Gasteiger partial charge in [0.25, 0.3) is 0 Å². The maximum Gasteiger partial charge on any atom is 0.0987 e. The summed E-state index contributed by atoms with van der Waals surface area (Å²) in [5, 5.41) is 3.51. The lowest BCUT2D eigenvalue weighted by atomic mass is 9.84. The van der Waals surface area contributed by atoms with Crippen molar-refractivity contribution in [2.45, 2.75) is 57.0 Å². The molecule has 2 aliphatic rings. The molecule has 1 heterocycles. The maximum atomic E-state index is 6.10. The van der Waals surface area contributed by atoms with E-state index >= 15 is 0 Å². The van der Waals surface area contributed by atoms with Crippen LogP contribution in [0.15, 0.2) is 0 Å². The molecule has 2 rings (SSSR count). The molecule has 2 fully saturated rings. The van der Waals surface area contributed by atoms with Gasteiger partial charge in [-0.15, -0.1) is 0 Å². The molecule has 4 nitrogen and oxygen atoms in total. The summed E-state index contributed by atoms with van der Waals surface area (Å²) in [6.45, 7) is 4.93. The van der Waals surface area contributed by atoms with Crippen molar-refractivity contribution in [1.82, 2.24) is 5.32 Å². The second-order valence-electron chi connectivity index (χ2n) is 4.98. The van der Waals surface area contributed by atoms with Gasteiger partial charge in [-0.25, -0.2) is 0 Å². The van der Waals surface area contributed by atoms with Gasteiger partial charge in [-0.2, -0.15) is 0 Å². The Balaban J connectivity index is 1.71. The zero-order valence-corrected chi connectivity index (χ0v) is 11.0. The van der Waals surface area contributed by atoms with Gasteiger partial charge in [0.2, 0.25) is 0 Å². The summed E-state index contributed by atoms with van der Waals surface area (Å²) >= 11 is 0. The zero-order chi connectivity index (χ0) is 12.1. The summed E-state index contributed by atoms with van der Waals surface area (Å²) in [5.41, 5.74) is 0. The molecule has 0 spiro atoms. The van der Waals surface area contributed by atoms with E-state index in [0.717, 1.165) is 39.0 Å². The van der Waals surface area contributed by atoms with Crippen molar-refractivity contribution in [3.63, 3.8) is 0 Å². The number of methoxy groups -OCH3 is 1. The van der Waals surface area contributed by atoms with Gasteiger partial charge in [0.15, 0.2) is 0 Å². The highest BCUT2D eigenvalue weighted by Crippen LogP contribution is 2.29. The fourth-order valence-electron chi connectivity index (χ4n) is 2.62. The minimum Gasteiger partial charge on any atom is -0.381 e. The summed E-state index contributed by atoms with van der Waals surface area (Å²) < 4.78 is 17.0. The van der Waals surface area contributed by atoms with Crippen LogP contribution in [0.2, 0.25) is 0 Å². The molecule has 1 aliphatic heterocycles. The van der Waals surface area contributed by atoms with Crippen LogP contribution in [0.4, 0.5) is 0 Å². The third-order valence-corrected chi connectivity index (χ3v) is 3.71. The van der Waals surface area contributed by atoms with Gasteiger partial charge in [-0.1, -0.05) is 6.92 Å². The molecular formula is C13H25NO3. The van der Waals surface area contributed by atoms with Gasteiger partial charge < -0.3 is 19.5 Å². The van der Waals surface area contributed by atoms with Crippen molar-refractivity contribution in [3.05, 3.63) is 0 Å². The van der Waals surface area contributed by atoms with Crippen molar-refractivity contribution in [1.29, 1.82) is 0 Å². The quantitative estimate of drug-likeness (QED) is 0.764. The Morgan fingerprint density at radius 3 is 2.71 bits per heavy atom. The molecule has 17 heavy (non-hydrogen) atoms. The predicted octanol–water partition coefficient (Wildman–Crippen LogP) is 1.34. The molecule has 0 aromatic heterocycles. The van der Waals surface area contributed by atoms with Crippen molar-refractivity contribution >= 4 is 0 Å². The first kappa shape index (κ1) is 13.3. The summed E-state index contributed by atoms with van der Waals surface area (Å²) in [5.74, 6) is 0. The van der Waals surface area contributed by atoms with Crippen LogP contribution in [0.3, 0.4) is 0 Å². The Kier molecular flexibility index (Phi) is 5.22. The molecule has 1 saturated carbocycles. The smallest absolute Gasteiger partial charge is 0.0987 e. The van der Waals surface area contributed by atoms with Crippen LogP contribution < -0.4 is 5.32 Å². The van der Waals surface area contributed by atoms with Gasteiger partial charge in [-0.3, -0.25) is 0 Å². The first-order chi connectivity index (χ1) is 8.35. The maximum absolute atomic E-state index is 6.10. The summed E-state index contributed by atoms with van der Waals surface area (Å²) in [6.07, 6.45) is 5.18. The van der Waals surface area contributed by atoms with Gasteiger partial charge in [0.05, 0.1) is 18.3 Å². The molecule has 3 unspecified atom stereocenters. The van der Waals surface area contributed by atoms with Crippen LogP contribution in [-0.4, -0.2) is 51.2 Å². The van der Waals surface area contributed by atoms with Crippen molar-refractivity contribution in [3.8, 4) is 0 Å². The van der Waals surface area contributed by atoms with Crippen LogP contribution in [0, 0.1) is 0 Å². The lowest BCUT2D eigenvalue weighted by Gasteiger charge is -2.45. The van der Waals surface area contributed by atoms with Crippen molar-refractivity contribution < 1.29 is 14.2 Å². The standard InChI is InChI=1S/C13H25NO3/c1-3-6-14-11-9-12(13(11)15-2)17-10-4-7-16-8-5-10/h10-14H,3-9H2,1-2H3. The Morgan fingerprint density at radius 1 is 1.29 bits per heavy atom. The number of ether oxygens (including phenoxy) is 3. The molecule has 1 N–H and O–H groups in total. The Bertz CT molecular complexity index is 219. The number of hydrogen-bond donors (Lipinski definition) is 1. The molecule has 0 aromatic carbocycles. The molecular weight excluding hydrogens is 218 g/mol. The Hall–Kier alpha value is -0.160. The van der Waals surface area contributed by atoms with E-state index in [1.807, 2.05) is 0 Å². The minimum absolute atomic E-state index is 0.226. The SMILES string of the molecule is CCCNC1CC(OC2CCOCC2)C1OC. The lowest BCUT2D eigenvalue weighted by molar-refractivity contribution is -0.170. The highest BCUT2D eigenvalue weighted by atomic mass is 16.6. The van der Waals surface area contributed by atoms with Crippen LogP contribution in [-0.2, 0) is 14.2 Å². The highest BCUT2D eigenvalue weighted by molar-refractivity contribution is 4.97. The minimum atomic E-state index is 0.226. The van der Waals surface area contributed by atoms with Crippen LogP contribution >= 0.6 is 0 Å². The molecule has 1 saturated heterocycles. The lowest BCUT2D eigenvalue weighted by Crippen LogP contribution is -2.60. The number of rotatable bonds is 6. The largest absolute Gasteiger partial charge is 0.381 e. The monoisotopic (exact) mass is 243 g/mol. The molecule has 100 valence electrons. The van der Waals surface area contributed by atoms with E-state index in [0.29, 0.717) is 12.1 Å². The fourth-order valence-corrected chi connectivity index (χ4v) is 2.62. The van der Waals surface area contributed by atoms with Crippen molar-refractivity contribution in [2.24, 2.45) is 0 Å². The van der Waals surface area contributed by atoms with E-state index in [1.165, 1.54) is 6.42 Å². The normalized spacial score (nSPS) is 34.6. The summed E-state index contributed by atoms with van der Waals surface area (Å²) in [4.78, 5) is 0. The topological polar surface area (TPSA) is 39.7 Å². The van der Waals surface area contributed by atoms with E-state index < -0.39 is 0 Å². The van der Waals surface area contributed by atoms with Crippen LogP contribution in [0.25, 0.3) is 0 Å². The predicted molar refractivity (Wildman–Crippen MR) is 66.2 cm³/mol. The van der Waals surface area contributed by atoms with E-state index in [-0.39, 0.29) is 12.2 Å². The third-order valence-electron chi connectivity index (χ3n) is 3.71. The fraction of sp³-hybridized carbons (Fsp3) is 1.00. The summed E-state index contributed by atoms with van der Waals surface area (Å²) in [7, 11) is 1.78. The van der Waals surface area contributed by atoms with E-state index in [2.05, 4.69) is 12.2 Å². The first-order valence-electron chi connectivity index (χ1n) is 6.84. The zero-order valence-electron chi connectivity index (χ0n) is 11.0. The van der Waals surface area contributed by atoms with Gasteiger partial charge in [-0.05, 0) is 32.2 Å². The molecule has 0 bridgehead atoms. The average molecular weight is 243 g/mol. The van der Waals surface area contributed by atoms with Gasteiger partial charge in [0, 0.05) is 26.4 Å². The van der Waals surface area contributed by atoms with Crippen molar-refractivity contribution in [2.75, 3.05) is 26.9 Å². The first-order valence-corrected chi connectivity index (χ1v) is 6.84. The molecule has 3 atom stereocenters. The molecule has 1 aliphatic carbocycles. The van der Waals surface area contributed by atoms with E-state index in [9.17, 15) is 0 Å². The number of nitrogens with one attached hydrogen (secondary N) is 1. The van der Waals surface area contributed by atoms with E-state index in [1.54, 1.807) is 7.11 Å². The molecule has 0 radical (unpaired) electrons. The third kappa shape index (κ3) is 3.41. The highest BCUT2D eigenvalue weighted by Gasteiger charge is 2.43. The second kappa shape index (κ2) is 6.69. The Labute approximate surface area is 104 Å². The number of hydrogen-bond acceptors (Lipinski definition) is 4. The molecule has 4 heteroatoms. The Morgan fingerprint density at radius 2 is 2.06 bits per heavy atom.